The van der Waals surface area contributed by atoms with Gasteiger partial charge in [-0.1, -0.05) is 35.0 Å². The third kappa shape index (κ3) is 4.99. The molecule has 0 saturated carbocycles. The summed E-state index contributed by atoms with van der Waals surface area (Å²) in [4.78, 5) is 19.1. The normalized spacial score (nSPS) is 15.4. The molecule has 4 rings (SSSR count). The van der Waals surface area contributed by atoms with Gasteiger partial charge in [-0.15, -0.1) is 0 Å². The van der Waals surface area contributed by atoms with Gasteiger partial charge in [-0.05, 0) is 56.3 Å². The number of rotatable bonds is 5. The van der Waals surface area contributed by atoms with E-state index in [1.807, 2.05) is 12.1 Å². The molecule has 1 aliphatic rings. The number of hydrogen-bond acceptors (Lipinski definition) is 5. The lowest BCUT2D eigenvalue weighted by atomic mass is 9.96. The third-order valence-electron chi connectivity index (χ3n) is 4.96. The number of carbonyl (C=O) groups excluding carboxylic acids is 1. The number of benzene rings is 2. The van der Waals surface area contributed by atoms with E-state index >= 15 is 0 Å². The summed E-state index contributed by atoms with van der Waals surface area (Å²) in [7, 11) is 0. The van der Waals surface area contributed by atoms with E-state index in [-0.39, 0.29) is 17.6 Å². The fourth-order valence-electron chi connectivity index (χ4n) is 3.42. The molecule has 1 fully saturated rings. The van der Waals surface area contributed by atoms with Crippen molar-refractivity contribution in [2.45, 2.75) is 19.4 Å². The lowest BCUT2D eigenvalue weighted by molar-refractivity contribution is -0.121. The molecule has 8 heteroatoms. The summed E-state index contributed by atoms with van der Waals surface area (Å²) >= 11 is 6.01. The maximum Gasteiger partial charge on any atom is 0.241 e. The van der Waals surface area contributed by atoms with E-state index in [9.17, 15) is 9.18 Å². The van der Waals surface area contributed by atoms with Crippen LogP contribution in [0.3, 0.4) is 0 Å². The highest BCUT2D eigenvalue weighted by molar-refractivity contribution is 6.30. The molecule has 0 spiro atoms. The smallest absolute Gasteiger partial charge is 0.241 e. The number of anilines is 1. The summed E-state index contributed by atoms with van der Waals surface area (Å²) < 4.78 is 18.6. The van der Waals surface area contributed by atoms with Gasteiger partial charge >= 0.3 is 0 Å². The number of hydrogen-bond donors (Lipinski definition) is 1. The molecule has 1 aromatic heterocycles. The minimum Gasteiger partial charge on any atom is -0.338 e. The van der Waals surface area contributed by atoms with Crippen LogP contribution in [-0.4, -0.2) is 34.0 Å². The van der Waals surface area contributed by atoms with E-state index in [1.165, 1.54) is 12.1 Å². The summed E-state index contributed by atoms with van der Waals surface area (Å²) in [6, 6.07) is 13.2. The highest BCUT2D eigenvalue weighted by Crippen LogP contribution is 2.23. The zero-order valence-electron chi connectivity index (χ0n) is 15.6. The van der Waals surface area contributed by atoms with E-state index in [1.54, 1.807) is 24.3 Å². The molecule has 1 aliphatic heterocycles. The first-order valence-electron chi connectivity index (χ1n) is 9.44. The van der Waals surface area contributed by atoms with Crippen molar-refractivity contribution in [1.82, 2.24) is 15.0 Å². The molecule has 1 amide bonds. The second kappa shape index (κ2) is 8.71. The van der Waals surface area contributed by atoms with Crippen molar-refractivity contribution in [3.05, 3.63) is 65.3 Å². The number of aromatic nitrogens is 2. The van der Waals surface area contributed by atoms with Gasteiger partial charge in [-0.3, -0.25) is 9.69 Å². The van der Waals surface area contributed by atoms with Crippen LogP contribution in [0.15, 0.2) is 53.1 Å². The quantitative estimate of drug-likeness (QED) is 0.670. The third-order valence-corrected chi connectivity index (χ3v) is 5.20. The molecule has 2 heterocycles. The summed E-state index contributed by atoms with van der Waals surface area (Å²) in [5, 5.41) is 7.44. The standard InChI is InChI=1S/C21H20ClFN4O2/c22-16-4-1-3-15(11-16)20-25-19(29-26-20)13-27-9-7-14(8-10-27)21(28)24-18-6-2-5-17(23)12-18/h1-6,11-12,14H,7-10,13H2,(H,24,28). The van der Waals surface area contributed by atoms with Gasteiger partial charge < -0.3 is 9.84 Å². The van der Waals surface area contributed by atoms with Crippen molar-refractivity contribution in [3.8, 4) is 11.4 Å². The van der Waals surface area contributed by atoms with Crippen LogP contribution in [0.5, 0.6) is 0 Å². The SMILES string of the molecule is O=C(Nc1cccc(F)c1)C1CCN(Cc2nc(-c3cccc(Cl)c3)no2)CC1. The molecule has 0 aliphatic carbocycles. The fourth-order valence-corrected chi connectivity index (χ4v) is 3.61. The molecule has 1 N–H and O–H groups in total. The summed E-state index contributed by atoms with van der Waals surface area (Å²) in [5.74, 6) is 0.499. The maximum atomic E-state index is 13.3. The minimum atomic E-state index is -0.366. The predicted octanol–water partition coefficient (Wildman–Crippen LogP) is 4.38. The number of halogens is 2. The Balaban J connectivity index is 1.29. The van der Waals surface area contributed by atoms with E-state index in [4.69, 9.17) is 16.1 Å². The van der Waals surface area contributed by atoms with Crippen LogP contribution in [-0.2, 0) is 11.3 Å². The van der Waals surface area contributed by atoms with Gasteiger partial charge in [0.05, 0.1) is 6.54 Å². The van der Waals surface area contributed by atoms with E-state index in [0.29, 0.717) is 29.0 Å². The number of piperidine rings is 1. The molecule has 29 heavy (non-hydrogen) atoms. The lowest BCUT2D eigenvalue weighted by Crippen LogP contribution is -2.37. The minimum absolute atomic E-state index is 0.0729. The van der Waals surface area contributed by atoms with Crippen molar-refractivity contribution in [2.24, 2.45) is 5.92 Å². The van der Waals surface area contributed by atoms with Gasteiger partial charge in [0.2, 0.25) is 17.6 Å². The molecule has 0 radical (unpaired) electrons. The topological polar surface area (TPSA) is 71.3 Å². The Morgan fingerprint density at radius 2 is 2.00 bits per heavy atom. The molecule has 2 aromatic carbocycles. The van der Waals surface area contributed by atoms with Crippen molar-refractivity contribution in [3.63, 3.8) is 0 Å². The molecule has 1 saturated heterocycles. The van der Waals surface area contributed by atoms with E-state index in [0.717, 1.165) is 31.5 Å². The molecular weight excluding hydrogens is 395 g/mol. The van der Waals surface area contributed by atoms with Crippen LogP contribution < -0.4 is 5.32 Å². The Morgan fingerprint density at radius 3 is 2.76 bits per heavy atom. The lowest BCUT2D eigenvalue weighted by Gasteiger charge is -2.30. The van der Waals surface area contributed by atoms with Crippen LogP contribution in [0.2, 0.25) is 5.02 Å². The van der Waals surface area contributed by atoms with Crippen molar-refractivity contribution in [1.29, 1.82) is 0 Å². The average Bonchev–Trinajstić information content (AvgIpc) is 3.17. The van der Waals surface area contributed by atoms with Crippen LogP contribution >= 0.6 is 11.6 Å². The molecule has 150 valence electrons. The second-order valence-electron chi connectivity index (χ2n) is 7.07. The number of nitrogens with one attached hydrogen (secondary N) is 1. The van der Waals surface area contributed by atoms with Crippen LogP contribution in [0, 0.1) is 11.7 Å². The number of likely N-dealkylation sites (tertiary alicyclic amines) is 1. The summed E-state index contributed by atoms with van der Waals surface area (Å²) in [6.07, 6.45) is 1.44. The number of carbonyl (C=O) groups is 1. The Kier molecular flexibility index (Phi) is 5.87. The number of amides is 1. The summed E-state index contributed by atoms with van der Waals surface area (Å²) in [6.45, 7) is 2.03. The van der Waals surface area contributed by atoms with E-state index in [2.05, 4.69) is 20.4 Å². The molecule has 0 bridgehead atoms. The van der Waals surface area contributed by atoms with Crippen molar-refractivity contribution >= 4 is 23.2 Å². The first-order valence-corrected chi connectivity index (χ1v) is 9.82. The first kappa shape index (κ1) is 19.5. The average molecular weight is 415 g/mol. The van der Waals surface area contributed by atoms with E-state index < -0.39 is 0 Å². The van der Waals surface area contributed by atoms with Crippen molar-refractivity contribution < 1.29 is 13.7 Å². The summed E-state index contributed by atoms with van der Waals surface area (Å²) in [5.41, 5.74) is 1.29. The van der Waals surface area contributed by atoms with Gasteiger partial charge in [-0.2, -0.15) is 4.98 Å². The zero-order valence-corrected chi connectivity index (χ0v) is 16.4. The molecule has 0 unspecified atom stereocenters. The zero-order chi connectivity index (χ0) is 20.2. The van der Waals surface area contributed by atoms with Crippen LogP contribution in [0.1, 0.15) is 18.7 Å². The molecule has 6 nitrogen and oxygen atoms in total. The first-order chi connectivity index (χ1) is 14.1. The van der Waals surface area contributed by atoms with Gasteiger partial charge in [0, 0.05) is 22.2 Å². The Hall–Kier alpha value is -2.77. The Morgan fingerprint density at radius 1 is 1.21 bits per heavy atom. The van der Waals surface area contributed by atoms with Gasteiger partial charge in [-0.25, -0.2) is 4.39 Å². The van der Waals surface area contributed by atoms with Gasteiger partial charge in [0.15, 0.2) is 0 Å². The largest absolute Gasteiger partial charge is 0.338 e. The number of nitrogens with zero attached hydrogens (tertiary/aromatic N) is 3. The predicted molar refractivity (Wildman–Crippen MR) is 108 cm³/mol. The Labute approximate surface area is 172 Å². The molecule has 3 aromatic rings. The highest BCUT2D eigenvalue weighted by Gasteiger charge is 2.26. The molecular formula is C21H20ClFN4O2. The van der Waals surface area contributed by atoms with Gasteiger partial charge in [0.25, 0.3) is 0 Å². The fraction of sp³-hybridized carbons (Fsp3) is 0.286. The Bertz CT molecular complexity index is 1000. The molecule has 0 atom stereocenters. The highest BCUT2D eigenvalue weighted by atomic mass is 35.5. The maximum absolute atomic E-state index is 13.3. The monoisotopic (exact) mass is 414 g/mol. The van der Waals surface area contributed by atoms with Crippen molar-refractivity contribution in [2.75, 3.05) is 18.4 Å². The van der Waals surface area contributed by atoms with Gasteiger partial charge in [0.1, 0.15) is 5.82 Å². The van der Waals surface area contributed by atoms with Crippen LogP contribution in [0.25, 0.3) is 11.4 Å². The van der Waals surface area contributed by atoms with Crippen LogP contribution in [0.4, 0.5) is 10.1 Å². The second-order valence-corrected chi connectivity index (χ2v) is 7.51.